The SMILES string of the molecule is CC1CSc2cc(-c3cnc(C(C)(C)C)c(F)c3)c(C#N)c(=O)n2C1. The zero-order chi connectivity index (χ0) is 18.4. The molecule has 2 aromatic rings. The van der Waals surface area contributed by atoms with E-state index in [9.17, 15) is 14.4 Å². The molecule has 2 aromatic heterocycles. The van der Waals surface area contributed by atoms with Crippen molar-refractivity contribution in [2.24, 2.45) is 5.92 Å². The fraction of sp³-hybridized carbons (Fsp3) is 0.421. The first-order valence-corrected chi connectivity index (χ1v) is 9.18. The van der Waals surface area contributed by atoms with E-state index in [2.05, 4.69) is 11.9 Å². The molecule has 0 N–H and O–H groups in total. The van der Waals surface area contributed by atoms with Crippen molar-refractivity contribution in [1.29, 1.82) is 5.26 Å². The Kier molecular flexibility index (Phi) is 4.46. The van der Waals surface area contributed by atoms with Crippen LogP contribution in [0.15, 0.2) is 28.2 Å². The lowest BCUT2D eigenvalue weighted by atomic mass is 9.90. The minimum atomic E-state index is -0.423. The first kappa shape index (κ1) is 17.7. The van der Waals surface area contributed by atoms with E-state index in [1.165, 1.54) is 6.07 Å². The number of fused-ring (bicyclic) bond motifs is 1. The van der Waals surface area contributed by atoms with Crippen LogP contribution in [0.1, 0.15) is 39.0 Å². The molecule has 130 valence electrons. The van der Waals surface area contributed by atoms with E-state index < -0.39 is 11.2 Å². The van der Waals surface area contributed by atoms with Gasteiger partial charge in [-0.15, -0.1) is 11.8 Å². The second-order valence-corrected chi connectivity index (χ2v) is 8.56. The van der Waals surface area contributed by atoms with E-state index in [1.807, 2.05) is 32.9 Å². The van der Waals surface area contributed by atoms with E-state index in [1.54, 1.807) is 22.5 Å². The van der Waals surface area contributed by atoms with Crippen LogP contribution in [0.25, 0.3) is 11.1 Å². The molecule has 4 nitrogen and oxygen atoms in total. The Hall–Kier alpha value is -2.13. The Balaban J connectivity index is 2.19. The van der Waals surface area contributed by atoms with Gasteiger partial charge in [0, 0.05) is 35.0 Å². The number of hydrogen-bond donors (Lipinski definition) is 0. The summed E-state index contributed by atoms with van der Waals surface area (Å²) in [5.41, 5.74) is 0.599. The summed E-state index contributed by atoms with van der Waals surface area (Å²) in [4.78, 5) is 17.0. The summed E-state index contributed by atoms with van der Waals surface area (Å²) in [5, 5.41) is 10.3. The van der Waals surface area contributed by atoms with Crippen molar-refractivity contribution in [3.05, 3.63) is 45.8 Å². The smallest absolute Gasteiger partial charge is 0.269 e. The van der Waals surface area contributed by atoms with Gasteiger partial charge < -0.3 is 4.57 Å². The summed E-state index contributed by atoms with van der Waals surface area (Å²) in [6.07, 6.45) is 1.55. The molecule has 0 saturated heterocycles. The highest BCUT2D eigenvalue weighted by atomic mass is 32.2. The van der Waals surface area contributed by atoms with Crippen LogP contribution < -0.4 is 5.56 Å². The number of hydrogen-bond acceptors (Lipinski definition) is 4. The molecule has 0 saturated carbocycles. The molecule has 6 heteroatoms. The van der Waals surface area contributed by atoms with Gasteiger partial charge in [-0.1, -0.05) is 27.7 Å². The lowest BCUT2D eigenvalue weighted by Gasteiger charge is -2.24. The quantitative estimate of drug-likeness (QED) is 0.775. The van der Waals surface area contributed by atoms with Crippen LogP contribution in [0, 0.1) is 23.1 Å². The molecule has 25 heavy (non-hydrogen) atoms. The van der Waals surface area contributed by atoms with E-state index in [4.69, 9.17) is 0 Å². The third-order valence-corrected chi connectivity index (χ3v) is 5.62. The van der Waals surface area contributed by atoms with E-state index in [0.717, 1.165) is 10.8 Å². The van der Waals surface area contributed by atoms with E-state index in [-0.39, 0.29) is 11.1 Å². The summed E-state index contributed by atoms with van der Waals surface area (Å²) in [7, 11) is 0. The minimum Gasteiger partial charge on any atom is -0.302 e. The molecule has 0 radical (unpaired) electrons. The van der Waals surface area contributed by atoms with Crippen molar-refractivity contribution in [2.75, 3.05) is 5.75 Å². The Morgan fingerprint density at radius 1 is 1.40 bits per heavy atom. The summed E-state index contributed by atoms with van der Waals surface area (Å²) >= 11 is 1.59. The van der Waals surface area contributed by atoms with Crippen molar-refractivity contribution < 1.29 is 4.39 Å². The number of rotatable bonds is 1. The van der Waals surface area contributed by atoms with Crippen LogP contribution in [0.2, 0.25) is 0 Å². The number of pyridine rings is 2. The van der Waals surface area contributed by atoms with Gasteiger partial charge in [-0.25, -0.2) is 4.39 Å². The minimum absolute atomic E-state index is 0.0446. The maximum Gasteiger partial charge on any atom is 0.269 e. The molecule has 3 rings (SSSR count). The highest BCUT2D eigenvalue weighted by molar-refractivity contribution is 7.99. The second-order valence-electron chi connectivity index (χ2n) is 7.52. The lowest BCUT2D eigenvalue weighted by molar-refractivity contribution is 0.474. The first-order chi connectivity index (χ1) is 11.7. The third-order valence-electron chi connectivity index (χ3n) is 4.25. The fourth-order valence-electron chi connectivity index (χ4n) is 2.98. The molecular weight excluding hydrogens is 337 g/mol. The van der Waals surface area contributed by atoms with Crippen LogP contribution in [0.4, 0.5) is 4.39 Å². The molecule has 0 aromatic carbocycles. The van der Waals surface area contributed by atoms with Crippen LogP contribution in [-0.2, 0) is 12.0 Å². The Morgan fingerprint density at radius 3 is 2.72 bits per heavy atom. The maximum absolute atomic E-state index is 14.5. The maximum atomic E-state index is 14.5. The van der Waals surface area contributed by atoms with Gasteiger partial charge in [-0.3, -0.25) is 9.78 Å². The van der Waals surface area contributed by atoms with Crippen molar-refractivity contribution >= 4 is 11.8 Å². The summed E-state index contributed by atoms with van der Waals surface area (Å²) in [6, 6.07) is 5.18. The Bertz CT molecular complexity index is 937. The molecule has 0 fully saturated rings. The summed E-state index contributed by atoms with van der Waals surface area (Å²) < 4.78 is 16.2. The molecule has 3 heterocycles. The van der Waals surface area contributed by atoms with Gasteiger partial charge in [0.1, 0.15) is 17.4 Å². The predicted octanol–water partition coefficient (Wildman–Crippen LogP) is 3.96. The van der Waals surface area contributed by atoms with Crippen molar-refractivity contribution in [3.63, 3.8) is 0 Å². The fourth-order valence-corrected chi connectivity index (χ4v) is 4.06. The number of thioether (sulfide) groups is 1. The van der Waals surface area contributed by atoms with Gasteiger partial charge in [-0.2, -0.15) is 5.26 Å². The van der Waals surface area contributed by atoms with Crippen LogP contribution in [0.3, 0.4) is 0 Å². The number of halogens is 1. The van der Waals surface area contributed by atoms with Gasteiger partial charge in [0.15, 0.2) is 0 Å². The molecule has 0 aliphatic carbocycles. The topological polar surface area (TPSA) is 58.7 Å². The molecule has 1 aliphatic rings. The van der Waals surface area contributed by atoms with Gasteiger partial charge >= 0.3 is 0 Å². The largest absolute Gasteiger partial charge is 0.302 e. The van der Waals surface area contributed by atoms with Gasteiger partial charge in [-0.05, 0) is 18.1 Å². The van der Waals surface area contributed by atoms with Crippen molar-refractivity contribution in [3.8, 4) is 17.2 Å². The second kappa shape index (κ2) is 6.30. The first-order valence-electron chi connectivity index (χ1n) is 8.19. The molecule has 1 atom stereocenters. The van der Waals surface area contributed by atoms with E-state index >= 15 is 0 Å². The van der Waals surface area contributed by atoms with Gasteiger partial charge in [0.05, 0.1) is 10.7 Å². The Morgan fingerprint density at radius 2 is 2.12 bits per heavy atom. The molecule has 1 aliphatic heterocycles. The van der Waals surface area contributed by atoms with Crippen LogP contribution in [-0.4, -0.2) is 15.3 Å². The molecule has 0 amide bonds. The molecule has 0 bridgehead atoms. The monoisotopic (exact) mass is 357 g/mol. The zero-order valence-corrected chi connectivity index (χ0v) is 15.6. The highest BCUT2D eigenvalue weighted by Crippen LogP contribution is 2.33. The predicted molar refractivity (Wildman–Crippen MR) is 97.2 cm³/mol. The summed E-state index contributed by atoms with van der Waals surface area (Å²) in [6.45, 7) is 8.35. The number of aromatic nitrogens is 2. The van der Waals surface area contributed by atoms with Crippen LogP contribution in [0.5, 0.6) is 0 Å². The lowest BCUT2D eigenvalue weighted by Crippen LogP contribution is -2.30. The van der Waals surface area contributed by atoms with Gasteiger partial charge in [0.2, 0.25) is 0 Å². The molecule has 0 spiro atoms. The average molecular weight is 357 g/mol. The van der Waals surface area contributed by atoms with Crippen LogP contribution >= 0.6 is 11.8 Å². The average Bonchev–Trinajstić information content (AvgIpc) is 2.54. The Labute approximate surface area is 150 Å². The number of nitrogens with zero attached hydrogens (tertiary/aromatic N) is 3. The summed E-state index contributed by atoms with van der Waals surface area (Å²) in [5.74, 6) is 0.867. The normalized spacial score (nSPS) is 17.0. The zero-order valence-electron chi connectivity index (χ0n) is 14.8. The molecular formula is C19H20FN3OS. The van der Waals surface area contributed by atoms with E-state index in [0.29, 0.717) is 29.3 Å². The van der Waals surface area contributed by atoms with Crippen molar-refractivity contribution in [1.82, 2.24) is 9.55 Å². The van der Waals surface area contributed by atoms with Gasteiger partial charge in [0.25, 0.3) is 5.56 Å². The molecule has 1 unspecified atom stereocenters. The standard InChI is InChI=1S/C19H20FN3OS/c1-11-9-23-16(25-10-11)6-13(14(7-21)18(23)24)12-5-15(20)17(22-8-12)19(2,3)4/h5-6,8,11H,9-10H2,1-4H3. The highest BCUT2D eigenvalue weighted by Gasteiger charge is 2.24. The number of nitriles is 1. The third kappa shape index (κ3) is 3.21. The van der Waals surface area contributed by atoms with Crippen molar-refractivity contribution in [2.45, 2.75) is 44.7 Å².